The van der Waals surface area contributed by atoms with Gasteiger partial charge in [-0.1, -0.05) is 6.07 Å². The summed E-state index contributed by atoms with van der Waals surface area (Å²) in [5.41, 5.74) is -1.30. The molecule has 1 heterocycles. The first-order valence-corrected chi connectivity index (χ1v) is 10.0. The smallest absolute Gasteiger partial charge is 0.435 e. The standard InChI is InChI=1S/C21H15F3N4O2S/c1-12-17(19(29)26-14-4-3-5-16(10-14)31-2)20(28-27-18(12)21(22,23)24)30-15-8-6-13(11-25)7-9-15/h3-10H,1-2H3,(H,26,29). The van der Waals surface area contributed by atoms with Gasteiger partial charge in [-0.15, -0.1) is 22.0 Å². The lowest BCUT2D eigenvalue weighted by Crippen LogP contribution is -2.20. The van der Waals surface area contributed by atoms with Crippen LogP contribution in [0.25, 0.3) is 0 Å². The average molecular weight is 444 g/mol. The van der Waals surface area contributed by atoms with Gasteiger partial charge in [0.15, 0.2) is 5.69 Å². The molecule has 0 spiro atoms. The molecule has 6 nitrogen and oxygen atoms in total. The van der Waals surface area contributed by atoms with Crippen LogP contribution in [-0.2, 0) is 6.18 Å². The van der Waals surface area contributed by atoms with Crippen molar-refractivity contribution < 1.29 is 22.7 Å². The molecule has 1 N–H and O–H groups in total. The predicted octanol–water partition coefficient (Wildman–Crippen LogP) is 5.44. The van der Waals surface area contributed by atoms with Gasteiger partial charge < -0.3 is 10.1 Å². The molecule has 3 rings (SSSR count). The third-order valence-corrected chi connectivity index (χ3v) is 4.93. The van der Waals surface area contributed by atoms with E-state index in [-0.39, 0.29) is 17.2 Å². The number of halogens is 3. The SMILES string of the molecule is CSc1cccc(NC(=O)c2c(Oc3ccc(C#N)cc3)nnc(C(F)(F)F)c2C)c1. The number of amides is 1. The van der Waals surface area contributed by atoms with E-state index < -0.39 is 23.3 Å². The number of nitriles is 1. The molecule has 0 radical (unpaired) electrons. The molecule has 0 unspecified atom stereocenters. The second-order valence-electron chi connectivity index (χ2n) is 6.28. The van der Waals surface area contributed by atoms with Gasteiger partial charge in [0.1, 0.15) is 11.3 Å². The maximum absolute atomic E-state index is 13.4. The largest absolute Gasteiger partial charge is 0.437 e. The number of carbonyl (C=O) groups excluding carboxylic acids is 1. The summed E-state index contributed by atoms with van der Waals surface area (Å²) in [6.45, 7) is 1.14. The van der Waals surface area contributed by atoms with Gasteiger partial charge in [-0.2, -0.15) is 18.4 Å². The van der Waals surface area contributed by atoms with Crippen LogP contribution < -0.4 is 10.1 Å². The lowest BCUT2D eigenvalue weighted by Gasteiger charge is -2.16. The van der Waals surface area contributed by atoms with Crippen molar-refractivity contribution in [3.05, 3.63) is 70.9 Å². The molecule has 3 aromatic rings. The van der Waals surface area contributed by atoms with Gasteiger partial charge in [-0.3, -0.25) is 4.79 Å². The van der Waals surface area contributed by atoms with Crippen molar-refractivity contribution in [2.45, 2.75) is 18.0 Å². The summed E-state index contributed by atoms with van der Waals surface area (Å²) in [5.74, 6) is -1.01. The van der Waals surface area contributed by atoms with Crippen molar-refractivity contribution in [2.75, 3.05) is 11.6 Å². The average Bonchev–Trinajstić information content (AvgIpc) is 2.73. The molecule has 2 aromatic carbocycles. The zero-order chi connectivity index (χ0) is 22.6. The molecular weight excluding hydrogens is 429 g/mol. The lowest BCUT2D eigenvalue weighted by molar-refractivity contribution is -0.142. The quantitative estimate of drug-likeness (QED) is 0.527. The van der Waals surface area contributed by atoms with Gasteiger partial charge in [-0.05, 0) is 61.2 Å². The Morgan fingerprint density at radius 3 is 2.48 bits per heavy atom. The predicted molar refractivity (Wildman–Crippen MR) is 109 cm³/mol. The molecule has 1 amide bonds. The van der Waals surface area contributed by atoms with E-state index >= 15 is 0 Å². The monoisotopic (exact) mass is 444 g/mol. The molecule has 0 fully saturated rings. The highest BCUT2D eigenvalue weighted by Crippen LogP contribution is 2.35. The number of benzene rings is 2. The van der Waals surface area contributed by atoms with Crippen LogP contribution in [-0.4, -0.2) is 22.4 Å². The molecule has 158 valence electrons. The highest BCUT2D eigenvalue weighted by molar-refractivity contribution is 7.98. The number of rotatable bonds is 5. The Morgan fingerprint density at radius 1 is 1.16 bits per heavy atom. The van der Waals surface area contributed by atoms with Crippen molar-refractivity contribution >= 4 is 23.4 Å². The second-order valence-corrected chi connectivity index (χ2v) is 7.16. The van der Waals surface area contributed by atoms with Crippen LogP contribution >= 0.6 is 11.8 Å². The Balaban J connectivity index is 2.03. The zero-order valence-corrected chi connectivity index (χ0v) is 17.1. The summed E-state index contributed by atoms with van der Waals surface area (Å²) in [6, 6.07) is 14.6. The van der Waals surface area contributed by atoms with E-state index in [1.165, 1.54) is 36.0 Å². The van der Waals surface area contributed by atoms with Gasteiger partial charge >= 0.3 is 6.18 Å². The van der Waals surface area contributed by atoms with E-state index in [1.54, 1.807) is 18.2 Å². The fourth-order valence-corrected chi connectivity index (χ4v) is 3.17. The Hall–Kier alpha value is -3.58. The molecular formula is C21H15F3N4O2S. The maximum atomic E-state index is 13.4. The summed E-state index contributed by atoms with van der Waals surface area (Å²) in [6.07, 6.45) is -2.94. The van der Waals surface area contributed by atoms with E-state index in [0.717, 1.165) is 11.8 Å². The van der Waals surface area contributed by atoms with E-state index in [0.29, 0.717) is 11.3 Å². The second kappa shape index (κ2) is 9.06. The van der Waals surface area contributed by atoms with Gasteiger partial charge in [0.2, 0.25) is 0 Å². The first kappa shape index (κ1) is 22.1. The van der Waals surface area contributed by atoms with E-state index in [1.807, 2.05) is 18.4 Å². The number of ether oxygens (including phenoxy) is 1. The van der Waals surface area contributed by atoms with Crippen LogP contribution in [0.15, 0.2) is 53.4 Å². The Labute approximate surface area is 180 Å². The highest BCUT2D eigenvalue weighted by Gasteiger charge is 2.38. The number of alkyl halides is 3. The first-order valence-electron chi connectivity index (χ1n) is 8.81. The normalized spacial score (nSPS) is 11.0. The van der Waals surface area contributed by atoms with Gasteiger partial charge in [-0.25, -0.2) is 0 Å². The van der Waals surface area contributed by atoms with Crippen LogP contribution in [0, 0.1) is 18.3 Å². The number of nitrogens with one attached hydrogen (secondary N) is 1. The highest BCUT2D eigenvalue weighted by atomic mass is 32.2. The Morgan fingerprint density at radius 2 is 1.87 bits per heavy atom. The molecule has 0 bridgehead atoms. The van der Waals surface area contributed by atoms with Crippen LogP contribution in [0.5, 0.6) is 11.6 Å². The third kappa shape index (κ3) is 5.13. The van der Waals surface area contributed by atoms with Crippen LogP contribution in [0.2, 0.25) is 0 Å². The summed E-state index contributed by atoms with van der Waals surface area (Å²) < 4.78 is 45.6. The lowest BCUT2D eigenvalue weighted by atomic mass is 10.1. The molecule has 0 saturated carbocycles. The van der Waals surface area contributed by atoms with Crippen molar-refractivity contribution in [3.63, 3.8) is 0 Å². The van der Waals surface area contributed by atoms with Crippen molar-refractivity contribution in [1.29, 1.82) is 5.26 Å². The van der Waals surface area contributed by atoms with E-state index in [2.05, 4.69) is 15.5 Å². The first-order chi connectivity index (χ1) is 14.7. The summed E-state index contributed by atoms with van der Waals surface area (Å²) in [4.78, 5) is 13.8. The molecule has 1 aromatic heterocycles. The summed E-state index contributed by atoms with van der Waals surface area (Å²) in [7, 11) is 0. The van der Waals surface area contributed by atoms with Crippen LogP contribution in [0.1, 0.15) is 27.2 Å². The zero-order valence-electron chi connectivity index (χ0n) is 16.3. The number of thioether (sulfide) groups is 1. The van der Waals surface area contributed by atoms with E-state index in [9.17, 15) is 18.0 Å². The van der Waals surface area contributed by atoms with Crippen LogP contribution in [0.3, 0.4) is 0 Å². The molecule has 0 aliphatic heterocycles. The van der Waals surface area contributed by atoms with Crippen molar-refractivity contribution in [2.24, 2.45) is 0 Å². The summed E-state index contributed by atoms with van der Waals surface area (Å²) >= 11 is 1.45. The van der Waals surface area contributed by atoms with Gasteiger partial charge in [0.25, 0.3) is 11.8 Å². The minimum atomic E-state index is -4.79. The minimum absolute atomic E-state index is 0.186. The van der Waals surface area contributed by atoms with Crippen molar-refractivity contribution in [1.82, 2.24) is 10.2 Å². The number of anilines is 1. The van der Waals surface area contributed by atoms with Crippen molar-refractivity contribution in [3.8, 4) is 17.7 Å². The Kier molecular flexibility index (Phi) is 6.46. The molecule has 0 atom stereocenters. The molecule has 10 heteroatoms. The third-order valence-electron chi connectivity index (χ3n) is 4.21. The fraction of sp³-hybridized carbons (Fsp3) is 0.143. The minimum Gasteiger partial charge on any atom is -0.437 e. The van der Waals surface area contributed by atoms with Gasteiger partial charge in [0, 0.05) is 10.6 Å². The molecule has 0 aliphatic rings. The number of hydrogen-bond acceptors (Lipinski definition) is 6. The number of aromatic nitrogens is 2. The topological polar surface area (TPSA) is 87.9 Å². The number of carbonyl (C=O) groups is 1. The molecule has 31 heavy (non-hydrogen) atoms. The number of nitrogens with zero attached hydrogens (tertiary/aromatic N) is 3. The maximum Gasteiger partial charge on any atom is 0.435 e. The van der Waals surface area contributed by atoms with Crippen LogP contribution in [0.4, 0.5) is 18.9 Å². The van der Waals surface area contributed by atoms with Gasteiger partial charge in [0.05, 0.1) is 11.6 Å². The number of hydrogen-bond donors (Lipinski definition) is 1. The Bertz CT molecular complexity index is 1160. The fourth-order valence-electron chi connectivity index (χ4n) is 2.71. The molecule has 0 saturated heterocycles. The van der Waals surface area contributed by atoms with E-state index in [4.69, 9.17) is 10.00 Å². The molecule has 0 aliphatic carbocycles. The summed E-state index contributed by atoms with van der Waals surface area (Å²) in [5, 5.41) is 18.2.